The van der Waals surface area contributed by atoms with E-state index in [2.05, 4.69) is 29.7 Å². The number of halogens is 4. The van der Waals surface area contributed by atoms with E-state index in [0.29, 0.717) is 25.5 Å². The zero-order chi connectivity index (χ0) is 23.1. The lowest BCUT2D eigenvalue weighted by atomic mass is 9.97. The van der Waals surface area contributed by atoms with E-state index in [-0.39, 0.29) is 4.70 Å². The van der Waals surface area contributed by atoms with Crippen LogP contribution in [0, 0.1) is 30.3 Å². The first-order valence-corrected chi connectivity index (χ1v) is 10.1. The largest absolute Gasteiger partial charge is 0.355 e. The molecule has 1 aliphatic rings. The number of benzene rings is 2. The number of amides is 2. The van der Waals surface area contributed by atoms with Gasteiger partial charge in [-0.2, -0.15) is 0 Å². The Morgan fingerprint density at radius 2 is 1.55 bits per heavy atom. The monoisotopic (exact) mass is 444 g/mol. The zero-order valence-corrected chi connectivity index (χ0v) is 18.6. The van der Waals surface area contributed by atoms with E-state index in [1.54, 1.807) is 0 Å². The van der Waals surface area contributed by atoms with Gasteiger partial charge in [-0.15, -0.1) is 0 Å². The highest BCUT2D eigenvalue weighted by molar-refractivity contribution is 6.06. The summed E-state index contributed by atoms with van der Waals surface area (Å²) >= 11 is 0. The van der Waals surface area contributed by atoms with Crippen molar-refractivity contribution in [3.8, 4) is 0 Å². The van der Waals surface area contributed by atoms with Crippen molar-refractivity contribution in [2.45, 2.75) is 47.5 Å². The first kappa shape index (κ1) is 30.3. The quantitative estimate of drug-likeness (QED) is 0.351. The Kier molecular flexibility index (Phi) is 16.5. The summed E-state index contributed by atoms with van der Waals surface area (Å²) in [6, 6.07) is 11.9. The number of carbonyl (C=O) groups is 2. The van der Waals surface area contributed by atoms with Gasteiger partial charge in [0.25, 0.3) is 0 Å². The van der Waals surface area contributed by atoms with E-state index in [1.807, 2.05) is 45.9 Å². The summed E-state index contributed by atoms with van der Waals surface area (Å²) in [6.07, 6.45) is 0.965. The topological polar surface area (TPSA) is 58.2 Å². The molecule has 8 heteroatoms. The second-order valence-electron chi connectivity index (χ2n) is 5.85. The van der Waals surface area contributed by atoms with Crippen LogP contribution in [0.15, 0.2) is 42.5 Å². The Morgan fingerprint density at radius 3 is 2.03 bits per heavy atom. The van der Waals surface area contributed by atoms with Crippen LogP contribution in [0.25, 0.3) is 0 Å². The molecule has 31 heavy (non-hydrogen) atoms. The van der Waals surface area contributed by atoms with Crippen LogP contribution in [0.4, 0.5) is 23.6 Å². The molecule has 0 radical (unpaired) electrons. The lowest BCUT2D eigenvalue weighted by molar-refractivity contribution is -0.134. The molecular weight excluding hydrogens is 412 g/mol. The molecule has 1 saturated heterocycles. The van der Waals surface area contributed by atoms with Crippen molar-refractivity contribution in [3.05, 3.63) is 65.5 Å². The average molecular weight is 445 g/mol. The van der Waals surface area contributed by atoms with Gasteiger partial charge in [-0.25, -0.2) is 13.2 Å². The molecule has 2 amide bonds. The molecule has 2 aromatic carbocycles. The van der Waals surface area contributed by atoms with Crippen LogP contribution >= 0.6 is 0 Å². The summed E-state index contributed by atoms with van der Waals surface area (Å²) in [5.41, 5.74) is 0.838. The molecule has 4 nitrogen and oxygen atoms in total. The second-order valence-corrected chi connectivity index (χ2v) is 5.85. The van der Waals surface area contributed by atoms with Gasteiger partial charge in [-0.05, 0) is 31.9 Å². The molecule has 1 aliphatic heterocycles. The maximum atomic E-state index is 13.4. The van der Waals surface area contributed by atoms with Gasteiger partial charge < -0.3 is 10.6 Å². The van der Waals surface area contributed by atoms with Crippen molar-refractivity contribution in [2.75, 3.05) is 11.9 Å². The minimum absolute atomic E-state index is 0. The zero-order valence-electron chi connectivity index (χ0n) is 18.6. The van der Waals surface area contributed by atoms with Crippen LogP contribution in [-0.4, -0.2) is 18.4 Å². The smallest absolute Gasteiger partial charge is 0.237 e. The standard InChI is InChI=1S/C12H11F3N2O2.C7H8.2C2H6.FH/c13-7-3-4-8(10(15)9(7)14)17-12(19)6-2-1-5-16-11(6)18;1-7-5-3-2-4-6-7;2*1-2;/h3-4,6H,1-2,5H2,(H,16,18)(H,17,19);2-6H,1H3;2*1-2H3;1H/t6-;;;;/m1..../s1. The molecule has 0 bridgehead atoms. The lowest BCUT2D eigenvalue weighted by Crippen LogP contribution is -2.42. The molecular formula is C23H32F4N2O2. The maximum absolute atomic E-state index is 13.4. The van der Waals surface area contributed by atoms with Crippen LogP contribution in [0.1, 0.15) is 46.1 Å². The first-order chi connectivity index (χ1) is 14.4. The van der Waals surface area contributed by atoms with Crippen molar-refractivity contribution in [1.29, 1.82) is 0 Å². The highest BCUT2D eigenvalue weighted by Crippen LogP contribution is 2.21. The minimum atomic E-state index is -1.66. The number of piperidine rings is 1. The van der Waals surface area contributed by atoms with Gasteiger partial charge in [0.05, 0.1) is 5.69 Å². The average Bonchev–Trinajstić information content (AvgIpc) is 2.78. The van der Waals surface area contributed by atoms with Crippen molar-refractivity contribution in [3.63, 3.8) is 0 Å². The third kappa shape index (κ3) is 10.1. The van der Waals surface area contributed by atoms with Crippen LogP contribution in [0.5, 0.6) is 0 Å². The molecule has 0 spiro atoms. The third-order valence-electron chi connectivity index (χ3n) is 3.84. The summed E-state index contributed by atoms with van der Waals surface area (Å²) in [7, 11) is 0. The molecule has 2 N–H and O–H groups in total. The molecule has 0 aliphatic carbocycles. The molecule has 0 saturated carbocycles. The Bertz CT molecular complexity index is 787. The van der Waals surface area contributed by atoms with Crippen LogP contribution in [0.3, 0.4) is 0 Å². The van der Waals surface area contributed by atoms with Crippen LogP contribution < -0.4 is 10.6 Å². The lowest BCUT2D eigenvalue weighted by Gasteiger charge is -2.21. The molecule has 174 valence electrons. The molecule has 0 unspecified atom stereocenters. The molecule has 1 fully saturated rings. The minimum Gasteiger partial charge on any atom is -0.355 e. The van der Waals surface area contributed by atoms with Crippen molar-refractivity contribution >= 4 is 17.5 Å². The first-order valence-electron chi connectivity index (χ1n) is 10.1. The van der Waals surface area contributed by atoms with Crippen LogP contribution in [0.2, 0.25) is 0 Å². The van der Waals surface area contributed by atoms with E-state index in [0.717, 1.165) is 6.07 Å². The van der Waals surface area contributed by atoms with E-state index in [9.17, 15) is 22.8 Å². The van der Waals surface area contributed by atoms with E-state index in [1.165, 1.54) is 5.56 Å². The Labute approximate surface area is 181 Å². The van der Waals surface area contributed by atoms with Gasteiger partial charge >= 0.3 is 0 Å². The van der Waals surface area contributed by atoms with E-state index >= 15 is 0 Å². The number of rotatable bonds is 2. The van der Waals surface area contributed by atoms with E-state index in [4.69, 9.17) is 0 Å². The molecule has 3 rings (SSSR count). The molecule has 1 heterocycles. The molecule has 2 aromatic rings. The second kappa shape index (κ2) is 16.8. The highest BCUT2D eigenvalue weighted by Gasteiger charge is 2.29. The van der Waals surface area contributed by atoms with Crippen molar-refractivity contribution in [1.82, 2.24) is 5.32 Å². The van der Waals surface area contributed by atoms with Gasteiger partial charge in [0.2, 0.25) is 11.8 Å². The highest BCUT2D eigenvalue weighted by atomic mass is 19.2. The summed E-state index contributed by atoms with van der Waals surface area (Å²) in [5.74, 6) is -6.61. The predicted molar refractivity (Wildman–Crippen MR) is 117 cm³/mol. The van der Waals surface area contributed by atoms with Gasteiger partial charge in [-0.1, -0.05) is 63.6 Å². The summed E-state index contributed by atoms with van der Waals surface area (Å²) in [4.78, 5) is 23.2. The van der Waals surface area contributed by atoms with Crippen molar-refractivity contribution in [2.24, 2.45) is 5.92 Å². The summed E-state index contributed by atoms with van der Waals surface area (Å²) < 4.78 is 39.1. The fraction of sp³-hybridized carbons (Fsp3) is 0.391. The summed E-state index contributed by atoms with van der Waals surface area (Å²) in [6.45, 7) is 10.6. The van der Waals surface area contributed by atoms with Gasteiger partial charge in [-0.3, -0.25) is 14.3 Å². The Balaban J connectivity index is 0. The molecule has 1 atom stereocenters. The van der Waals surface area contributed by atoms with E-state index < -0.39 is 40.9 Å². The van der Waals surface area contributed by atoms with Crippen LogP contribution in [-0.2, 0) is 9.59 Å². The maximum Gasteiger partial charge on any atom is 0.237 e. The van der Waals surface area contributed by atoms with Crippen molar-refractivity contribution < 1.29 is 27.5 Å². The molecule has 0 aromatic heterocycles. The SMILES string of the molecule is CC.CC.Cc1ccccc1.F.O=C1NCCC[C@H]1C(=O)Nc1ccc(F)c(F)c1F. The number of carbonyl (C=O) groups excluding carboxylic acids is 2. The van der Waals surface area contributed by atoms with Gasteiger partial charge in [0, 0.05) is 6.54 Å². The normalized spacial score (nSPS) is 13.9. The fourth-order valence-electron chi connectivity index (χ4n) is 2.40. The number of anilines is 1. The summed E-state index contributed by atoms with van der Waals surface area (Å²) in [5, 5.41) is 4.60. The predicted octanol–water partition coefficient (Wildman–Crippen LogP) is 5.77. The number of aryl methyl sites for hydroxylation is 1. The fourth-order valence-corrected chi connectivity index (χ4v) is 2.40. The van der Waals surface area contributed by atoms with Gasteiger partial charge in [0.15, 0.2) is 17.5 Å². The number of nitrogens with one attached hydrogen (secondary N) is 2. The van der Waals surface area contributed by atoms with Gasteiger partial charge in [0.1, 0.15) is 5.92 Å². The number of hydrogen-bond donors (Lipinski definition) is 2. The Hall–Kier alpha value is -2.90. The third-order valence-corrected chi connectivity index (χ3v) is 3.84. The Morgan fingerprint density at radius 1 is 0.968 bits per heavy atom. The number of hydrogen-bond acceptors (Lipinski definition) is 2.